The summed E-state index contributed by atoms with van der Waals surface area (Å²) in [5.41, 5.74) is 3.19. The lowest BCUT2D eigenvalue weighted by Gasteiger charge is -2.17. The Labute approximate surface area is 151 Å². The van der Waals surface area contributed by atoms with Crippen LogP contribution in [0.3, 0.4) is 0 Å². The van der Waals surface area contributed by atoms with Crippen molar-refractivity contribution in [2.75, 3.05) is 13.1 Å². The predicted octanol–water partition coefficient (Wildman–Crippen LogP) is 3.61. The second kappa shape index (κ2) is 7.20. The van der Waals surface area contributed by atoms with Gasteiger partial charge in [0.25, 0.3) is 0 Å². The van der Waals surface area contributed by atoms with Crippen molar-refractivity contribution in [1.82, 2.24) is 10.6 Å². The zero-order chi connectivity index (χ0) is 14.9. The van der Waals surface area contributed by atoms with Crippen molar-refractivity contribution in [1.29, 1.82) is 0 Å². The van der Waals surface area contributed by atoms with E-state index in [0.29, 0.717) is 11.5 Å². The van der Waals surface area contributed by atoms with E-state index in [-0.39, 0.29) is 24.0 Å². The van der Waals surface area contributed by atoms with Gasteiger partial charge in [-0.2, -0.15) is 0 Å². The molecule has 2 saturated carbocycles. The van der Waals surface area contributed by atoms with Gasteiger partial charge in [-0.05, 0) is 50.2 Å². The van der Waals surface area contributed by atoms with E-state index in [0.717, 1.165) is 25.0 Å². The molecule has 22 heavy (non-hydrogen) atoms. The first-order chi connectivity index (χ1) is 10.1. The Kier molecular flexibility index (Phi) is 5.75. The van der Waals surface area contributed by atoms with Crippen LogP contribution in [0.25, 0.3) is 0 Å². The highest BCUT2D eigenvalue weighted by Gasteiger charge is 2.45. The van der Waals surface area contributed by atoms with Crippen LogP contribution in [-0.2, 0) is 5.41 Å². The number of guanidine groups is 1. The van der Waals surface area contributed by atoms with Crippen molar-refractivity contribution < 1.29 is 0 Å². The Bertz CT molecular complexity index is 537. The van der Waals surface area contributed by atoms with Gasteiger partial charge in [0.1, 0.15) is 0 Å². The topological polar surface area (TPSA) is 36.4 Å². The Balaban J connectivity index is 0.00000176. The summed E-state index contributed by atoms with van der Waals surface area (Å²) in [6.45, 7) is 8.45. The molecule has 0 amide bonds. The normalized spacial score (nSPS) is 25.1. The zero-order valence-corrected chi connectivity index (χ0v) is 16.2. The third-order valence-electron chi connectivity index (χ3n) is 4.89. The van der Waals surface area contributed by atoms with E-state index >= 15 is 0 Å². The molecular formula is C18H28IN3. The van der Waals surface area contributed by atoms with E-state index in [9.17, 15) is 0 Å². The summed E-state index contributed by atoms with van der Waals surface area (Å²) in [6, 6.07) is 9.39. The first-order valence-electron chi connectivity index (χ1n) is 8.25. The van der Waals surface area contributed by atoms with E-state index in [1.54, 1.807) is 0 Å². The molecule has 122 valence electrons. The van der Waals surface area contributed by atoms with Gasteiger partial charge in [0, 0.05) is 18.0 Å². The first-order valence-corrected chi connectivity index (χ1v) is 8.25. The van der Waals surface area contributed by atoms with Crippen molar-refractivity contribution in [3.63, 3.8) is 0 Å². The van der Waals surface area contributed by atoms with Crippen molar-refractivity contribution in [3.05, 3.63) is 35.4 Å². The second-order valence-electron chi connectivity index (χ2n) is 6.75. The number of aryl methyl sites for hydroxylation is 1. The van der Waals surface area contributed by atoms with Gasteiger partial charge < -0.3 is 10.6 Å². The maximum Gasteiger partial charge on any atom is 0.191 e. The molecule has 0 aliphatic heterocycles. The van der Waals surface area contributed by atoms with Gasteiger partial charge >= 0.3 is 0 Å². The summed E-state index contributed by atoms with van der Waals surface area (Å²) in [5, 5.41) is 6.93. The Morgan fingerprint density at radius 2 is 2.00 bits per heavy atom. The lowest BCUT2D eigenvalue weighted by molar-refractivity contribution is 0.684. The molecule has 1 aromatic rings. The molecule has 3 rings (SSSR count). The molecular weight excluding hydrogens is 385 g/mol. The van der Waals surface area contributed by atoms with Crippen LogP contribution in [0.5, 0.6) is 0 Å². The van der Waals surface area contributed by atoms with Gasteiger partial charge in [-0.25, -0.2) is 0 Å². The number of halogens is 1. The smallest absolute Gasteiger partial charge is 0.191 e. The van der Waals surface area contributed by atoms with Gasteiger partial charge in [-0.1, -0.05) is 31.2 Å². The zero-order valence-electron chi connectivity index (χ0n) is 13.9. The summed E-state index contributed by atoms with van der Waals surface area (Å²) < 4.78 is 0. The molecule has 2 aliphatic carbocycles. The predicted molar refractivity (Wildman–Crippen MR) is 104 cm³/mol. The number of nitrogens with zero attached hydrogens (tertiary/aromatic N) is 1. The number of hydrogen-bond acceptors (Lipinski definition) is 1. The highest BCUT2D eigenvalue weighted by Crippen LogP contribution is 2.49. The molecule has 0 aromatic heterocycles. The summed E-state index contributed by atoms with van der Waals surface area (Å²) in [7, 11) is 0. The van der Waals surface area contributed by atoms with Crippen LogP contribution in [0.4, 0.5) is 0 Å². The maximum atomic E-state index is 4.87. The van der Waals surface area contributed by atoms with Gasteiger partial charge in [0.2, 0.25) is 0 Å². The van der Waals surface area contributed by atoms with E-state index in [1.165, 1.54) is 30.4 Å². The minimum absolute atomic E-state index is 0. The number of hydrogen-bond donors (Lipinski definition) is 2. The molecule has 0 heterocycles. The first kappa shape index (κ1) is 17.6. The summed E-state index contributed by atoms with van der Waals surface area (Å²) in [6.07, 6.45) is 3.80. The molecule has 1 aromatic carbocycles. The maximum absolute atomic E-state index is 4.87. The van der Waals surface area contributed by atoms with Crippen LogP contribution in [0.15, 0.2) is 29.3 Å². The quantitative estimate of drug-likeness (QED) is 0.440. The van der Waals surface area contributed by atoms with Crippen LogP contribution in [-0.4, -0.2) is 25.1 Å². The molecule has 2 atom stereocenters. The SMILES string of the molecule is CCNC(=NCC1(c2ccccc2C)CC1)NC1CC1C.I. The van der Waals surface area contributed by atoms with E-state index in [1.807, 2.05) is 0 Å². The highest BCUT2D eigenvalue weighted by molar-refractivity contribution is 14.0. The lowest BCUT2D eigenvalue weighted by Crippen LogP contribution is -2.39. The van der Waals surface area contributed by atoms with Crippen LogP contribution >= 0.6 is 24.0 Å². The summed E-state index contributed by atoms with van der Waals surface area (Å²) >= 11 is 0. The molecule has 0 radical (unpaired) electrons. The fourth-order valence-corrected chi connectivity index (χ4v) is 3.08. The minimum atomic E-state index is 0. The van der Waals surface area contributed by atoms with Crippen LogP contribution in [0.1, 0.15) is 44.2 Å². The monoisotopic (exact) mass is 413 g/mol. The van der Waals surface area contributed by atoms with Gasteiger partial charge in [-0.3, -0.25) is 4.99 Å². The summed E-state index contributed by atoms with van der Waals surface area (Å²) in [5.74, 6) is 1.78. The third kappa shape index (κ3) is 3.94. The highest BCUT2D eigenvalue weighted by atomic mass is 127. The fraction of sp³-hybridized carbons (Fsp3) is 0.611. The van der Waals surface area contributed by atoms with Crippen molar-refractivity contribution >= 4 is 29.9 Å². The van der Waals surface area contributed by atoms with E-state index < -0.39 is 0 Å². The molecule has 0 saturated heterocycles. The van der Waals surface area contributed by atoms with Crippen LogP contribution in [0, 0.1) is 12.8 Å². The van der Waals surface area contributed by atoms with Gasteiger partial charge in [0.05, 0.1) is 6.54 Å². The Morgan fingerprint density at radius 3 is 2.55 bits per heavy atom. The third-order valence-corrected chi connectivity index (χ3v) is 4.89. The molecule has 2 N–H and O–H groups in total. The molecule has 3 nitrogen and oxygen atoms in total. The largest absolute Gasteiger partial charge is 0.357 e. The number of benzene rings is 1. The standard InChI is InChI=1S/C18H27N3.HI/c1-4-19-17(21-16-11-14(16)3)20-12-18(9-10-18)15-8-6-5-7-13(15)2;/h5-8,14,16H,4,9-12H2,1-3H3,(H2,19,20,21);1H. The van der Waals surface area contributed by atoms with Crippen LogP contribution in [0.2, 0.25) is 0 Å². The minimum Gasteiger partial charge on any atom is -0.357 e. The average Bonchev–Trinajstić information content (AvgIpc) is 3.37. The second-order valence-corrected chi connectivity index (χ2v) is 6.75. The van der Waals surface area contributed by atoms with Crippen molar-refractivity contribution in [2.24, 2.45) is 10.9 Å². The van der Waals surface area contributed by atoms with E-state index in [2.05, 4.69) is 55.7 Å². The van der Waals surface area contributed by atoms with Crippen LogP contribution < -0.4 is 10.6 Å². The summed E-state index contributed by atoms with van der Waals surface area (Å²) in [4.78, 5) is 4.87. The van der Waals surface area contributed by atoms with Gasteiger partial charge in [0.15, 0.2) is 5.96 Å². The molecule has 2 unspecified atom stereocenters. The fourth-order valence-electron chi connectivity index (χ4n) is 3.08. The number of aliphatic imine (C=N–C) groups is 1. The Morgan fingerprint density at radius 1 is 1.32 bits per heavy atom. The molecule has 2 aliphatic rings. The number of rotatable bonds is 5. The number of nitrogens with one attached hydrogen (secondary N) is 2. The van der Waals surface area contributed by atoms with E-state index in [4.69, 9.17) is 4.99 Å². The Hall–Kier alpha value is -0.780. The van der Waals surface area contributed by atoms with Crippen molar-refractivity contribution in [2.45, 2.75) is 51.5 Å². The lowest BCUT2D eigenvalue weighted by atomic mass is 9.92. The van der Waals surface area contributed by atoms with Crippen molar-refractivity contribution in [3.8, 4) is 0 Å². The van der Waals surface area contributed by atoms with Gasteiger partial charge in [-0.15, -0.1) is 24.0 Å². The molecule has 0 spiro atoms. The molecule has 4 heteroatoms. The molecule has 0 bridgehead atoms. The average molecular weight is 413 g/mol. The molecule has 2 fully saturated rings.